The zero-order valence-electron chi connectivity index (χ0n) is 15.2. The maximum Gasteiger partial charge on any atom is 0.339 e. The molecule has 4 heteroatoms. The summed E-state index contributed by atoms with van der Waals surface area (Å²) in [6.45, 7) is 0. The number of ether oxygens (including phenoxy) is 1. The summed E-state index contributed by atoms with van der Waals surface area (Å²) in [6, 6.07) is 22.1. The average molecular weight is 363 g/mol. The minimum Gasteiger partial charge on any atom is -0.465 e. The standard InChI is InChI=1S/C23H22FNO2/c1-27-23(26)21-15-10-18(9-5-8-17-6-3-2-4-7-17)16-22(21)25-20-13-11-19(24)12-14-20/h2-4,6-7,10-16,25H,5,8-9H2,1H3. The highest BCUT2D eigenvalue weighted by Gasteiger charge is 2.13. The first-order valence-electron chi connectivity index (χ1n) is 8.93. The largest absolute Gasteiger partial charge is 0.465 e. The first kappa shape index (κ1) is 18.6. The second-order valence-electron chi connectivity index (χ2n) is 6.34. The van der Waals surface area contributed by atoms with Gasteiger partial charge in [0.15, 0.2) is 0 Å². The van der Waals surface area contributed by atoms with E-state index in [4.69, 9.17) is 4.74 Å². The summed E-state index contributed by atoms with van der Waals surface area (Å²) in [5, 5.41) is 3.20. The molecule has 3 rings (SSSR count). The number of hydrogen-bond acceptors (Lipinski definition) is 3. The fourth-order valence-corrected chi connectivity index (χ4v) is 2.97. The third-order valence-electron chi connectivity index (χ3n) is 4.39. The Morgan fingerprint density at radius 1 is 0.926 bits per heavy atom. The predicted molar refractivity (Wildman–Crippen MR) is 106 cm³/mol. The second-order valence-corrected chi connectivity index (χ2v) is 6.34. The van der Waals surface area contributed by atoms with Crippen LogP contribution in [0.15, 0.2) is 72.8 Å². The van der Waals surface area contributed by atoms with Gasteiger partial charge in [0.05, 0.1) is 18.4 Å². The molecule has 1 N–H and O–H groups in total. The number of aryl methyl sites for hydroxylation is 2. The molecule has 0 aliphatic carbocycles. The van der Waals surface area contributed by atoms with Crippen LogP contribution in [-0.2, 0) is 17.6 Å². The lowest BCUT2D eigenvalue weighted by molar-refractivity contribution is 0.0602. The van der Waals surface area contributed by atoms with Crippen LogP contribution >= 0.6 is 0 Å². The molecule has 0 bridgehead atoms. The molecule has 0 atom stereocenters. The number of anilines is 2. The normalized spacial score (nSPS) is 10.4. The Balaban J connectivity index is 1.75. The van der Waals surface area contributed by atoms with E-state index in [0.717, 1.165) is 24.8 Å². The van der Waals surface area contributed by atoms with Crippen LogP contribution in [0.5, 0.6) is 0 Å². The fourth-order valence-electron chi connectivity index (χ4n) is 2.97. The lowest BCUT2D eigenvalue weighted by Gasteiger charge is -2.13. The van der Waals surface area contributed by atoms with Gasteiger partial charge < -0.3 is 10.1 Å². The molecule has 0 heterocycles. The molecule has 0 aliphatic rings. The summed E-state index contributed by atoms with van der Waals surface area (Å²) >= 11 is 0. The van der Waals surface area contributed by atoms with Gasteiger partial charge in [0.25, 0.3) is 0 Å². The summed E-state index contributed by atoms with van der Waals surface area (Å²) in [5.74, 6) is -0.709. The molecule has 3 aromatic rings. The van der Waals surface area contributed by atoms with Crippen LogP contribution < -0.4 is 5.32 Å². The lowest BCUT2D eigenvalue weighted by Crippen LogP contribution is -2.06. The molecule has 27 heavy (non-hydrogen) atoms. The maximum absolute atomic E-state index is 13.1. The Bertz CT molecular complexity index is 892. The molecule has 0 spiro atoms. The quantitative estimate of drug-likeness (QED) is 0.561. The molecule has 0 unspecified atom stereocenters. The second kappa shape index (κ2) is 8.99. The summed E-state index contributed by atoms with van der Waals surface area (Å²) < 4.78 is 18.0. The van der Waals surface area contributed by atoms with Crippen molar-refractivity contribution in [2.45, 2.75) is 19.3 Å². The van der Waals surface area contributed by atoms with Crippen molar-refractivity contribution in [2.75, 3.05) is 12.4 Å². The SMILES string of the molecule is COC(=O)c1ccc(CCCc2ccccc2)cc1Nc1ccc(F)cc1. The van der Waals surface area contributed by atoms with Crippen LogP contribution in [0.3, 0.4) is 0 Å². The monoisotopic (exact) mass is 363 g/mol. The highest BCUT2D eigenvalue weighted by atomic mass is 19.1. The fraction of sp³-hybridized carbons (Fsp3) is 0.174. The molecular formula is C23H22FNO2. The van der Waals surface area contributed by atoms with E-state index in [9.17, 15) is 9.18 Å². The Morgan fingerprint density at radius 3 is 2.33 bits per heavy atom. The molecule has 0 fully saturated rings. The third-order valence-corrected chi connectivity index (χ3v) is 4.39. The number of hydrogen-bond donors (Lipinski definition) is 1. The van der Waals surface area contributed by atoms with Gasteiger partial charge in [0.1, 0.15) is 5.82 Å². The van der Waals surface area contributed by atoms with Gasteiger partial charge in [0.2, 0.25) is 0 Å². The number of rotatable bonds is 7. The van der Waals surface area contributed by atoms with E-state index in [-0.39, 0.29) is 5.82 Å². The number of carbonyl (C=O) groups is 1. The van der Waals surface area contributed by atoms with Crippen LogP contribution in [0, 0.1) is 5.82 Å². The van der Waals surface area contributed by atoms with E-state index in [0.29, 0.717) is 16.9 Å². The molecule has 0 saturated carbocycles. The van der Waals surface area contributed by atoms with Crippen molar-refractivity contribution in [3.05, 3.63) is 95.3 Å². The summed E-state index contributed by atoms with van der Waals surface area (Å²) in [7, 11) is 1.36. The lowest BCUT2D eigenvalue weighted by atomic mass is 10.0. The van der Waals surface area contributed by atoms with Crippen molar-refractivity contribution < 1.29 is 13.9 Å². The first-order valence-corrected chi connectivity index (χ1v) is 8.93. The Labute approximate surface area is 158 Å². The van der Waals surface area contributed by atoms with Crippen LogP contribution in [-0.4, -0.2) is 13.1 Å². The maximum atomic E-state index is 13.1. The van der Waals surface area contributed by atoms with Crippen molar-refractivity contribution in [1.82, 2.24) is 0 Å². The molecule has 0 radical (unpaired) electrons. The molecule has 3 aromatic carbocycles. The van der Waals surface area contributed by atoms with Crippen molar-refractivity contribution in [2.24, 2.45) is 0 Å². The van der Waals surface area contributed by atoms with E-state index in [1.165, 1.54) is 24.8 Å². The minimum absolute atomic E-state index is 0.302. The number of benzene rings is 3. The highest BCUT2D eigenvalue weighted by molar-refractivity contribution is 5.96. The molecule has 3 nitrogen and oxygen atoms in total. The Kier molecular flexibility index (Phi) is 6.21. The number of carbonyl (C=O) groups excluding carboxylic acids is 1. The molecule has 0 saturated heterocycles. The van der Waals surface area contributed by atoms with E-state index in [1.54, 1.807) is 18.2 Å². The predicted octanol–water partition coefficient (Wildman–Crippen LogP) is 5.53. The van der Waals surface area contributed by atoms with E-state index >= 15 is 0 Å². The van der Waals surface area contributed by atoms with Gasteiger partial charge in [-0.3, -0.25) is 0 Å². The first-order chi connectivity index (χ1) is 13.2. The minimum atomic E-state index is -0.407. The number of halogens is 1. The average Bonchev–Trinajstić information content (AvgIpc) is 2.70. The summed E-state index contributed by atoms with van der Waals surface area (Å²) in [4.78, 5) is 12.1. The Hall–Kier alpha value is -3.14. The van der Waals surface area contributed by atoms with Gasteiger partial charge in [-0.05, 0) is 66.8 Å². The number of esters is 1. The van der Waals surface area contributed by atoms with Crippen molar-refractivity contribution in [1.29, 1.82) is 0 Å². The molecule has 138 valence electrons. The van der Waals surface area contributed by atoms with E-state index in [1.807, 2.05) is 30.3 Å². The van der Waals surface area contributed by atoms with Gasteiger partial charge in [-0.2, -0.15) is 0 Å². The molecular weight excluding hydrogens is 341 g/mol. The van der Waals surface area contributed by atoms with Gasteiger partial charge >= 0.3 is 5.97 Å². The highest BCUT2D eigenvalue weighted by Crippen LogP contribution is 2.24. The van der Waals surface area contributed by atoms with Crippen LogP contribution in [0.1, 0.15) is 27.9 Å². The van der Waals surface area contributed by atoms with Gasteiger partial charge in [-0.15, -0.1) is 0 Å². The van der Waals surface area contributed by atoms with Crippen molar-refractivity contribution >= 4 is 17.3 Å². The van der Waals surface area contributed by atoms with Crippen LogP contribution in [0.25, 0.3) is 0 Å². The van der Waals surface area contributed by atoms with Crippen molar-refractivity contribution in [3.63, 3.8) is 0 Å². The van der Waals surface area contributed by atoms with Crippen LogP contribution in [0.4, 0.5) is 15.8 Å². The van der Waals surface area contributed by atoms with Gasteiger partial charge in [0, 0.05) is 5.69 Å². The zero-order chi connectivity index (χ0) is 19.1. The summed E-state index contributed by atoms with van der Waals surface area (Å²) in [6.07, 6.45) is 2.91. The van der Waals surface area contributed by atoms with Gasteiger partial charge in [-0.1, -0.05) is 36.4 Å². The Morgan fingerprint density at radius 2 is 1.63 bits per heavy atom. The van der Waals surface area contributed by atoms with Gasteiger partial charge in [-0.25, -0.2) is 9.18 Å². The topological polar surface area (TPSA) is 38.3 Å². The molecule has 0 aromatic heterocycles. The zero-order valence-corrected chi connectivity index (χ0v) is 15.2. The van der Waals surface area contributed by atoms with Crippen molar-refractivity contribution in [3.8, 4) is 0 Å². The van der Waals surface area contributed by atoms with Crippen LogP contribution in [0.2, 0.25) is 0 Å². The number of nitrogens with one attached hydrogen (secondary N) is 1. The third kappa shape index (κ3) is 5.17. The molecule has 0 amide bonds. The van der Waals surface area contributed by atoms with E-state index < -0.39 is 5.97 Å². The molecule has 0 aliphatic heterocycles. The number of methoxy groups -OCH3 is 1. The summed E-state index contributed by atoms with van der Waals surface area (Å²) in [5.41, 5.74) is 4.26. The van der Waals surface area contributed by atoms with E-state index in [2.05, 4.69) is 17.4 Å². The smallest absolute Gasteiger partial charge is 0.339 e.